The van der Waals surface area contributed by atoms with Crippen molar-refractivity contribution in [2.24, 2.45) is 0 Å². The van der Waals surface area contributed by atoms with Crippen molar-refractivity contribution in [2.45, 2.75) is 19.4 Å². The Hall–Kier alpha value is -2.15. The zero-order chi connectivity index (χ0) is 16.4. The predicted octanol–water partition coefficient (Wildman–Crippen LogP) is 2.93. The van der Waals surface area contributed by atoms with E-state index in [1.165, 1.54) is 6.07 Å². The molecule has 1 aliphatic heterocycles. The molecule has 1 atom stereocenters. The Morgan fingerprint density at radius 1 is 1.26 bits per heavy atom. The van der Waals surface area contributed by atoms with Gasteiger partial charge in [0.1, 0.15) is 5.82 Å². The molecular formula is C16H18FN3O2S. The Balaban J connectivity index is 1.86. The Morgan fingerprint density at radius 2 is 2.00 bits per heavy atom. The molecule has 0 unspecified atom stereocenters. The first-order chi connectivity index (χ1) is 11.0. The van der Waals surface area contributed by atoms with Gasteiger partial charge < -0.3 is 5.32 Å². The molecule has 1 N–H and O–H groups in total. The standard InChI is InChI=1S/C16H18FN3O2S/c1-12(13-5-7-18-8-6-13)19-14-3-4-15(17)16(11-14)20-9-2-10-23(20,21)22/h3-8,11-12,19H,2,9-10H2,1H3/t12-/m1/s1. The fourth-order valence-corrected chi connectivity index (χ4v) is 4.25. The first-order valence-electron chi connectivity index (χ1n) is 7.44. The van der Waals surface area contributed by atoms with Crippen molar-refractivity contribution < 1.29 is 12.8 Å². The van der Waals surface area contributed by atoms with Crippen molar-refractivity contribution in [3.8, 4) is 0 Å². The summed E-state index contributed by atoms with van der Waals surface area (Å²) >= 11 is 0. The Kier molecular flexibility index (Phi) is 4.21. The van der Waals surface area contributed by atoms with Gasteiger partial charge in [-0.1, -0.05) is 0 Å². The molecule has 1 aromatic carbocycles. The van der Waals surface area contributed by atoms with Gasteiger partial charge in [0.15, 0.2) is 0 Å². The number of rotatable bonds is 4. The third-order valence-corrected chi connectivity index (χ3v) is 5.76. The van der Waals surface area contributed by atoms with E-state index in [0.29, 0.717) is 18.7 Å². The van der Waals surface area contributed by atoms with Crippen LogP contribution in [0.2, 0.25) is 0 Å². The number of benzene rings is 1. The molecule has 0 amide bonds. The fraction of sp³-hybridized carbons (Fsp3) is 0.312. The second kappa shape index (κ2) is 6.16. The molecule has 1 aromatic heterocycles. The van der Waals surface area contributed by atoms with E-state index in [-0.39, 0.29) is 17.5 Å². The van der Waals surface area contributed by atoms with Crippen LogP contribution in [0.5, 0.6) is 0 Å². The third kappa shape index (κ3) is 3.29. The molecule has 0 saturated carbocycles. The third-order valence-electron chi connectivity index (χ3n) is 3.90. The van der Waals surface area contributed by atoms with Gasteiger partial charge >= 0.3 is 0 Å². The van der Waals surface area contributed by atoms with Crippen molar-refractivity contribution in [3.05, 3.63) is 54.1 Å². The molecule has 2 heterocycles. The van der Waals surface area contributed by atoms with Crippen molar-refractivity contribution in [1.82, 2.24) is 4.98 Å². The Labute approximate surface area is 135 Å². The van der Waals surface area contributed by atoms with Gasteiger partial charge in [-0.3, -0.25) is 9.29 Å². The minimum absolute atomic E-state index is 0.00787. The van der Waals surface area contributed by atoms with Gasteiger partial charge in [-0.05, 0) is 49.2 Å². The summed E-state index contributed by atoms with van der Waals surface area (Å²) in [4.78, 5) is 3.98. The molecule has 3 rings (SSSR count). The second-order valence-corrected chi connectivity index (χ2v) is 7.57. The summed E-state index contributed by atoms with van der Waals surface area (Å²) in [5, 5.41) is 3.26. The number of hydrogen-bond acceptors (Lipinski definition) is 4. The van der Waals surface area contributed by atoms with Gasteiger partial charge in [0.05, 0.1) is 11.4 Å². The van der Waals surface area contributed by atoms with E-state index in [9.17, 15) is 12.8 Å². The number of aromatic nitrogens is 1. The zero-order valence-electron chi connectivity index (χ0n) is 12.7. The first kappa shape index (κ1) is 15.7. The smallest absolute Gasteiger partial charge is 0.235 e. The number of nitrogens with one attached hydrogen (secondary N) is 1. The molecular weight excluding hydrogens is 317 g/mol. The highest BCUT2D eigenvalue weighted by molar-refractivity contribution is 7.93. The van der Waals surface area contributed by atoms with Gasteiger partial charge in [-0.2, -0.15) is 0 Å². The maximum atomic E-state index is 14.1. The van der Waals surface area contributed by atoms with Gasteiger partial charge in [0.2, 0.25) is 10.0 Å². The first-order valence-corrected chi connectivity index (χ1v) is 9.05. The van der Waals surface area contributed by atoms with Crippen LogP contribution in [-0.2, 0) is 10.0 Å². The summed E-state index contributed by atoms with van der Waals surface area (Å²) in [6.07, 6.45) is 3.94. The number of halogens is 1. The number of hydrogen-bond donors (Lipinski definition) is 1. The van der Waals surface area contributed by atoms with Crippen LogP contribution < -0.4 is 9.62 Å². The lowest BCUT2D eigenvalue weighted by Crippen LogP contribution is -2.26. The lowest BCUT2D eigenvalue weighted by atomic mass is 10.1. The van der Waals surface area contributed by atoms with Crippen molar-refractivity contribution in [2.75, 3.05) is 21.9 Å². The highest BCUT2D eigenvalue weighted by atomic mass is 32.2. The summed E-state index contributed by atoms with van der Waals surface area (Å²) in [7, 11) is -3.40. The summed E-state index contributed by atoms with van der Waals surface area (Å²) in [5.41, 5.74) is 1.82. The molecule has 2 aromatic rings. The van der Waals surface area contributed by atoms with E-state index in [4.69, 9.17) is 0 Å². The maximum Gasteiger partial charge on any atom is 0.235 e. The summed E-state index contributed by atoms with van der Waals surface area (Å²) in [6, 6.07) is 8.24. The van der Waals surface area contributed by atoms with E-state index in [1.54, 1.807) is 24.5 Å². The second-order valence-electron chi connectivity index (χ2n) is 5.55. The summed E-state index contributed by atoms with van der Waals surface area (Å²) in [5.74, 6) is -0.463. The minimum atomic E-state index is -3.40. The quantitative estimate of drug-likeness (QED) is 0.933. The summed E-state index contributed by atoms with van der Waals surface area (Å²) < 4.78 is 39.2. The van der Waals surface area contributed by atoms with Crippen LogP contribution in [0.15, 0.2) is 42.7 Å². The molecule has 0 spiro atoms. The molecule has 5 nitrogen and oxygen atoms in total. The largest absolute Gasteiger partial charge is 0.378 e. The average Bonchev–Trinajstić information content (AvgIpc) is 2.89. The number of nitrogens with zero attached hydrogens (tertiary/aromatic N) is 2. The van der Waals surface area contributed by atoms with Crippen LogP contribution in [0.1, 0.15) is 24.9 Å². The molecule has 0 aliphatic carbocycles. The molecule has 0 radical (unpaired) electrons. The van der Waals surface area contributed by atoms with Gasteiger partial charge in [0.25, 0.3) is 0 Å². The van der Waals surface area contributed by atoms with Crippen molar-refractivity contribution >= 4 is 21.4 Å². The number of sulfonamides is 1. The van der Waals surface area contributed by atoms with E-state index in [1.807, 2.05) is 19.1 Å². The van der Waals surface area contributed by atoms with Crippen LogP contribution in [0.4, 0.5) is 15.8 Å². The Morgan fingerprint density at radius 3 is 2.65 bits per heavy atom. The highest BCUT2D eigenvalue weighted by Crippen LogP contribution is 2.30. The van der Waals surface area contributed by atoms with Crippen LogP contribution in [0.3, 0.4) is 0 Å². The van der Waals surface area contributed by atoms with E-state index >= 15 is 0 Å². The van der Waals surface area contributed by atoms with Gasteiger partial charge in [0, 0.05) is 30.7 Å². The van der Waals surface area contributed by atoms with E-state index in [2.05, 4.69) is 10.3 Å². The highest BCUT2D eigenvalue weighted by Gasteiger charge is 2.30. The zero-order valence-corrected chi connectivity index (χ0v) is 13.6. The van der Waals surface area contributed by atoms with E-state index < -0.39 is 15.8 Å². The van der Waals surface area contributed by atoms with Crippen LogP contribution in [-0.4, -0.2) is 25.7 Å². The molecule has 1 aliphatic rings. The van der Waals surface area contributed by atoms with Crippen LogP contribution in [0.25, 0.3) is 0 Å². The minimum Gasteiger partial charge on any atom is -0.378 e. The molecule has 7 heteroatoms. The van der Waals surface area contributed by atoms with Crippen molar-refractivity contribution in [1.29, 1.82) is 0 Å². The summed E-state index contributed by atoms with van der Waals surface area (Å²) in [6.45, 7) is 2.30. The predicted molar refractivity (Wildman–Crippen MR) is 88.4 cm³/mol. The molecule has 1 saturated heterocycles. The van der Waals surface area contributed by atoms with Gasteiger partial charge in [-0.25, -0.2) is 12.8 Å². The number of pyridine rings is 1. The maximum absolute atomic E-state index is 14.1. The van der Waals surface area contributed by atoms with Gasteiger partial charge in [-0.15, -0.1) is 0 Å². The fourth-order valence-electron chi connectivity index (χ4n) is 2.69. The monoisotopic (exact) mass is 335 g/mol. The average molecular weight is 335 g/mol. The lowest BCUT2D eigenvalue weighted by molar-refractivity contribution is 0.595. The van der Waals surface area contributed by atoms with Crippen LogP contribution in [0, 0.1) is 5.82 Å². The van der Waals surface area contributed by atoms with Crippen molar-refractivity contribution in [3.63, 3.8) is 0 Å². The van der Waals surface area contributed by atoms with E-state index in [0.717, 1.165) is 9.87 Å². The molecule has 122 valence electrons. The molecule has 1 fully saturated rings. The normalized spacial score (nSPS) is 17.9. The topological polar surface area (TPSA) is 62.3 Å². The lowest BCUT2D eigenvalue weighted by Gasteiger charge is -2.20. The number of anilines is 2. The molecule has 0 bridgehead atoms. The molecule has 23 heavy (non-hydrogen) atoms. The van der Waals surface area contributed by atoms with Crippen LogP contribution >= 0.6 is 0 Å². The Bertz CT molecular complexity index is 796. The SMILES string of the molecule is C[C@@H](Nc1ccc(F)c(N2CCCS2(=O)=O)c1)c1ccncc1.